The molecule has 5 heterocycles. The second kappa shape index (κ2) is 18.6. The van der Waals surface area contributed by atoms with Crippen molar-refractivity contribution in [1.82, 2.24) is 40.5 Å². The minimum atomic E-state index is -1.37. The third-order valence-electron chi connectivity index (χ3n) is 10.0. The van der Waals surface area contributed by atoms with Gasteiger partial charge in [-0.05, 0) is 46.4 Å². The molecule has 7 rings (SSSR count). The fourth-order valence-corrected chi connectivity index (χ4v) is 7.45. The van der Waals surface area contributed by atoms with E-state index in [-0.39, 0.29) is 49.1 Å². The summed E-state index contributed by atoms with van der Waals surface area (Å²) in [4.78, 5) is 50.0. The first kappa shape index (κ1) is 41.0. The molecular formula is C37H43ClN8O12. The molecular weight excluding hydrogens is 784 g/mol. The van der Waals surface area contributed by atoms with Gasteiger partial charge in [-0.25, -0.2) is 29.3 Å². The van der Waals surface area contributed by atoms with E-state index in [0.717, 1.165) is 35.1 Å². The number of H-pyrrole nitrogens is 1. The third-order valence-corrected chi connectivity index (χ3v) is 10.3. The number of benzene rings is 2. The fourth-order valence-electron chi connectivity index (χ4n) is 7.17. The smallest absolute Gasteiger partial charge is 0.441 e. The summed E-state index contributed by atoms with van der Waals surface area (Å²) in [6, 6.07) is 15.6. The summed E-state index contributed by atoms with van der Waals surface area (Å²) in [6.45, 7) is 4.21. The summed E-state index contributed by atoms with van der Waals surface area (Å²) in [6.07, 6.45) is -3.59. The Morgan fingerprint density at radius 2 is 1.67 bits per heavy atom. The third kappa shape index (κ3) is 9.55. The number of aromatic amines is 1. The lowest BCUT2D eigenvalue weighted by molar-refractivity contribution is -0.506. The van der Waals surface area contributed by atoms with Crippen LogP contribution in [0.3, 0.4) is 0 Å². The molecule has 20 nitrogen and oxygen atoms in total. The van der Waals surface area contributed by atoms with E-state index in [1.807, 2.05) is 55.5 Å². The molecule has 21 heteroatoms. The summed E-state index contributed by atoms with van der Waals surface area (Å²) < 4.78 is 35.2. The molecule has 58 heavy (non-hydrogen) atoms. The van der Waals surface area contributed by atoms with Gasteiger partial charge in [-0.2, -0.15) is 0 Å². The number of nitrogens with zero attached hydrogens (tertiary/aromatic N) is 7. The van der Waals surface area contributed by atoms with Crippen LogP contribution in [-0.4, -0.2) is 132 Å². The lowest BCUT2D eigenvalue weighted by atomic mass is 9.98. The number of amides is 1. The molecule has 2 aromatic heterocycles. The number of aryl methyl sites for hydroxylation is 1. The van der Waals surface area contributed by atoms with Gasteiger partial charge in [0.25, 0.3) is 0 Å². The number of piperidine rings is 1. The summed E-state index contributed by atoms with van der Waals surface area (Å²) >= 11 is 6.56. The maximum Gasteiger partial charge on any atom is 0.511 e. The lowest BCUT2D eigenvalue weighted by Crippen LogP contribution is -2.45. The Morgan fingerprint density at radius 1 is 0.983 bits per heavy atom. The molecule has 2 aromatic carbocycles. The molecule has 0 bridgehead atoms. The van der Waals surface area contributed by atoms with E-state index in [0.29, 0.717) is 30.9 Å². The number of nitrogens with one attached hydrogen (secondary N) is 1. The minimum Gasteiger partial charge on any atom is -0.441 e. The zero-order valence-corrected chi connectivity index (χ0v) is 32.4. The Morgan fingerprint density at radius 3 is 2.33 bits per heavy atom. The van der Waals surface area contributed by atoms with Crippen molar-refractivity contribution in [1.29, 1.82) is 0 Å². The van der Waals surface area contributed by atoms with Gasteiger partial charge < -0.3 is 37.9 Å². The van der Waals surface area contributed by atoms with Crippen LogP contribution in [0.2, 0.25) is 5.15 Å². The van der Waals surface area contributed by atoms with Gasteiger partial charge >= 0.3 is 18.2 Å². The number of halogens is 1. The maximum atomic E-state index is 13.6. The standard InChI is InChI=1S/C37H43ClN8O12/c1-3-4-9-29-39-33(38)30(45(29)18-22-10-12-23(13-11-22)25-7-5-6-8-26(25)34-40-42-43-41-34)35(47)54-21(2)55-37(49)57-28-20-53-31-27(19-52-32(28)31)56-36(48)44-16-14-24(15-17-44)58-46(50)51/h5-8,10-13,21,24,27-28,31-32,50-51H,3-4,9,14-20H2,1-2H3,(H,40,41,42,43)/t21?,27-,28-,31-,32-/m1/s1. The summed E-state index contributed by atoms with van der Waals surface area (Å²) in [5.41, 5.74) is 3.59. The SMILES string of the molecule is CCCCc1nc(Cl)c(C(=O)OC(C)OC(=O)O[C@@H]2CO[C@H]3[C@@H]2OC[C@H]3OC(=O)N2CCC(ON(O)O)CC2)n1Cc1ccc(-c2ccccc2-c2nnn[nH]2)cc1. The number of fused-ring (bicyclic) bond motifs is 1. The number of ether oxygens (including phenoxy) is 6. The highest BCUT2D eigenvalue weighted by Gasteiger charge is 2.52. The average molecular weight is 827 g/mol. The zero-order chi connectivity index (χ0) is 40.8. The van der Waals surface area contributed by atoms with Crippen molar-refractivity contribution >= 4 is 29.8 Å². The molecule has 4 aromatic rings. The number of esters is 1. The number of likely N-dealkylation sites (tertiary alicyclic amines) is 1. The second-order valence-electron chi connectivity index (χ2n) is 13.9. The average Bonchev–Trinajstić information content (AvgIpc) is 4.01. The largest absolute Gasteiger partial charge is 0.511 e. The Hall–Kier alpha value is -5.22. The number of hydrogen-bond donors (Lipinski definition) is 3. The number of unbranched alkanes of at least 4 members (excludes halogenated alkanes) is 1. The van der Waals surface area contributed by atoms with Crippen molar-refractivity contribution in [2.24, 2.45) is 0 Å². The fraction of sp³-hybridized carbons (Fsp3) is 0.486. The topological polar surface area (TPSA) is 235 Å². The molecule has 0 radical (unpaired) electrons. The Bertz CT molecular complexity index is 2030. The number of aromatic nitrogens is 6. The number of carbonyl (C=O) groups excluding carboxylic acids is 3. The van der Waals surface area contributed by atoms with Crippen LogP contribution in [0.15, 0.2) is 48.5 Å². The van der Waals surface area contributed by atoms with Crippen LogP contribution in [0.1, 0.15) is 61.4 Å². The van der Waals surface area contributed by atoms with Crippen LogP contribution in [-0.2, 0) is 46.2 Å². The number of hydrogen-bond acceptors (Lipinski definition) is 17. The van der Waals surface area contributed by atoms with Gasteiger partial charge in [0.05, 0.1) is 24.7 Å². The van der Waals surface area contributed by atoms with Crippen molar-refractivity contribution in [2.45, 2.75) is 89.3 Å². The minimum absolute atomic E-state index is 0.00970. The molecule has 3 saturated heterocycles. The summed E-state index contributed by atoms with van der Waals surface area (Å²) in [5, 5.41) is 31.6. The molecule has 0 saturated carbocycles. The van der Waals surface area contributed by atoms with E-state index in [2.05, 4.69) is 25.6 Å². The van der Waals surface area contributed by atoms with Crippen LogP contribution >= 0.6 is 11.6 Å². The molecule has 0 spiro atoms. The molecule has 5 atom stereocenters. The molecule has 1 amide bonds. The first-order valence-corrected chi connectivity index (χ1v) is 19.2. The van der Waals surface area contributed by atoms with E-state index >= 15 is 0 Å². The van der Waals surface area contributed by atoms with E-state index in [1.165, 1.54) is 11.8 Å². The molecule has 1 unspecified atom stereocenters. The predicted octanol–water partition coefficient (Wildman–Crippen LogP) is 4.58. The summed E-state index contributed by atoms with van der Waals surface area (Å²) in [5.74, 6) is 0.302. The van der Waals surface area contributed by atoms with Crippen LogP contribution in [0.4, 0.5) is 9.59 Å². The van der Waals surface area contributed by atoms with Crippen molar-refractivity contribution in [3.05, 3.63) is 70.8 Å². The van der Waals surface area contributed by atoms with Gasteiger partial charge in [0.1, 0.15) is 18.0 Å². The highest BCUT2D eigenvalue weighted by molar-refractivity contribution is 6.32. The normalized spacial score (nSPS) is 21.2. The van der Waals surface area contributed by atoms with Gasteiger partial charge in [0, 0.05) is 38.5 Å². The number of tetrazole rings is 1. The van der Waals surface area contributed by atoms with Crippen molar-refractivity contribution < 1.29 is 58.1 Å². The van der Waals surface area contributed by atoms with Gasteiger partial charge in [-0.1, -0.05) is 73.5 Å². The quantitative estimate of drug-likeness (QED) is 0.0683. The Kier molecular flexibility index (Phi) is 13.1. The van der Waals surface area contributed by atoms with E-state index in [4.69, 9.17) is 55.3 Å². The van der Waals surface area contributed by atoms with Crippen LogP contribution in [0.25, 0.3) is 22.5 Å². The first-order valence-electron chi connectivity index (χ1n) is 18.9. The van der Waals surface area contributed by atoms with E-state index < -0.39 is 55.0 Å². The number of imidazole rings is 1. The first-order chi connectivity index (χ1) is 28.1. The number of rotatable bonds is 14. The molecule has 310 valence electrons. The van der Waals surface area contributed by atoms with Crippen LogP contribution < -0.4 is 0 Å². The maximum absolute atomic E-state index is 13.6. The van der Waals surface area contributed by atoms with Gasteiger partial charge in [-0.3, -0.25) is 10.4 Å². The zero-order valence-electron chi connectivity index (χ0n) is 31.6. The molecule has 3 aliphatic heterocycles. The number of carbonyl (C=O) groups is 3. The van der Waals surface area contributed by atoms with Gasteiger partial charge in [-0.15, -0.1) is 5.10 Å². The summed E-state index contributed by atoms with van der Waals surface area (Å²) in [7, 11) is 0. The molecule has 3 aliphatic rings. The van der Waals surface area contributed by atoms with Gasteiger partial charge in [0.15, 0.2) is 28.9 Å². The molecule has 3 fully saturated rings. The van der Waals surface area contributed by atoms with E-state index in [1.54, 1.807) is 4.57 Å². The Labute approximate surface area is 336 Å². The highest BCUT2D eigenvalue weighted by Crippen LogP contribution is 2.33. The predicted molar refractivity (Wildman–Crippen MR) is 197 cm³/mol. The van der Waals surface area contributed by atoms with Crippen molar-refractivity contribution in [3.63, 3.8) is 0 Å². The Balaban J connectivity index is 0.935. The van der Waals surface area contributed by atoms with Crippen LogP contribution in [0, 0.1) is 0 Å². The lowest BCUT2D eigenvalue weighted by Gasteiger charge is -2.32. The van der Waals surface area contributed by atoms with Gasteiger partial charge in [0.2, 0.25) is 6.29 Å². The second-order valence-corrected chi connectivity index (χ2v) is 14.3. The van der Waals surface area contributed by atoms with Crippen LogP contribution in [0.5, 0.6) is 0 Å². The highest BCUT2D eigenvalue weighted by atomic mass is 35.5. The van der Waals surface area contributed by atoms with E-state index in [9.17, 15) is 14.4 Å². The molecule has 0 aliphatic carbocycles. The van der Waals surface area contributed by atoms with Crippen molar-refractivity contribution in [2.75, 3.05) is 26.3 Å². The monoisotopic (exact) mass is 826 g/mol. The van der Waals surface area contributed by atoms with Crippen molar-refractivity contribution in [3.8, 4) is 22.5 Å². The molecule has 3 N–H and O–H groups in total.